The van der Waals surface area contributed by atoms with E-state index in [2.05, 4.69) is 4.98 Å². The van der Waals surface area contributed by atoms with Crippen LogP contribution in [0, 0.1) is 0 Å². The maximum Gasteiger partial charge on any atom is 0.335 e. The molecule has 6 nitrogen and oxygen atoms in total. The van der Waals surface area contributed by atoms with Gasteiger partial charge in [0, 0.05) is 30.6 Å². The lowest BCUT2D eigenvalue weighted by Crippen LogP contribution is -2.27. The predicted octanol–water partition coefficient (Wildman–Crippen LogP) is 1.35. The third-order valence-electron chi connectivity index (χ3n) is 2.83. The van der Waals surface area contributed by atoms with E-state index < -0.39 is 5.97 Å². The molecule has 0 saturated heterocycles. The maximum absolute atomic E-state index is 12.2. The van der Waals surface area contributed by atoms with Crippen molar-refractivity contribution >= 4 is 17.6 Å². The van der Waals surface area contributed by atoms with Crippen molar-refractivity contribution in [1.82, 2.24) is 4.98 Å². The van der Waals surface area contributed by atoms with Crippen molar-refractivity contribution in [2.24, 2.45) is 0 Å². The molecule has 0 bridgehead atoms. The molecule has 20 heavy (non-hydrogen) atoms. The number of pyridine rings is 1. The molecular formula is C14H12N2O4. The molecule has 0 spiro atoms. The number of carbonyl (C=O) groups is 2. The first-order valence-electron chi connectivity index (χ1n) is 5.79. The number of aromatic nitrogens is 1. The molecule has 6 heteroatoms. The Morgan fingerprint density at radius 2 is 1.75 bits per heavy atom. The Morgan fingerprint density at radius 3 is 2.30 bits per heavy atom. The highest BCUT2D eigenvalue weighted by Crippen LogP contribution is 2.16. The average molecular weight is 272 g/mol. The summed E-state index contributed by atoms with van der Waals surface area (Å²) in [6.07, 6.45) is 1.40. The van der Waals surface area contributed by atoms with Crippen molar-refractivity contribution in [2.45, 2.75) is 0 Å². The zero-order valence-electron chi connectivity index (χ0n) is 10.7. The molecule has 1 amide bonds. The number of benzene rings is 1. The fourth-order valence-corrected chi connectivity index (χ4v) is 1.72. The number of carboxylic acid groups (broad SMARTS) is 1. The number of hydrogen-bond donors (Lipinski definition) is 2. The first-order valence-corrected chi connectivity index (χ1v) is 5.79. The number of aromatic amines is 1. The van der Waals surface area contributed by atoms with Crippen LogP contribution in [-0.2, 0) is 0 Å². The molecule has 1 aromatic heterocycles. The minimum absolute atomic E-state index is 0.144. The molecule has 0 radical (unpaired) electrons. The molecular weight excluding hydrogens is 260 g/mol. The number of aromatic carboxylic acids is 1. The van der Waals surface area contributed by atoms with Crippen molar-refractivity contribution in [1.29, 1.82) is 0 Å². The topological polar surface area (TPSA) is 90.5 Å². The number of H-pyrrole nitrogens is 1. The second-order valence-corrected chi connectivity index (χ2v) is 4.16. The summed E-state index contributed by atoms with van der Waals surface area (Å²) < 4.78 is 0. The predicted molar refractivity (Wildman–Crippen MR) is 73.2 cm³/mol. The van der Waals surface area contributed by atoms with Crippen molar-refractivity contribution in [3.05, 3.63) is 64.1 Å². The van der Waals surface area contributed by atoms with E-state index in [1.807, 2.05) is 0 Å². The van der Waals surface area contributed by atoms with Gasteiger partial charge in [-0.05, 0) is 30.3 Å². The van der Waals surface area contributed by atoms with Crippen LogP contribution in [-0.4, -0.2) is 29.0 Å². The Labute approximate surface area is 114 Å². The second kappa shape index (κ2) is 5.40. The van der Waals surface area contributed by atoms with Gasteiger partial charge in [0.25, 0.3) is 5.91 Å². The molecule has 2 aromatic rings. The lowest BCUT2D eigenvalue weighted by atomic mass is 10.2. The summed E-state index contributed by atoms with van der Waals surface area (Å²) in [6, 6.07) is 8.62. The van der Waals surface area contributed by atoms with Gasteiger partial charge >= 0.3 is 5.97 Å². The number of carbonyl (C=O) groups excluding carboxylic acids is 1. The van der Waals surface area contributed by atoms with Gasteiger partial charge in [-0.1, -0.05) is 0 Å². The summed E-state index contributed by atoms with van der Waals surface area (Å²) in [5.41, 5.74) is 0.593. The van der Waals surface area contributed by atoms with Gasteiger partial charge in [0.2, 0.25) is 5.56 Å². The fraction of sp³-hybridized carbons (Fsp3) is 0.0714. The zero-order chi connectivity index (χ0) is 14.7. The summed E-state index contributed by atoms with van der Waals surface area (Å²) in [5.74, 6) is -1.38. The number of carboxylic acids is 1. The number of nitrogens with one attached hydrogen (secondary N) is 1. The monoisotopic (exact) mass is 272 g/mol. The third kappa shape index (κ3) is 2.74. The van der Waals surface area contributed by atoms with E-state index >= 15 is 0 Å². The Balaban J connectivity index is 2.26. The normalized spacial score (nSPS) is 10.1. The highest BCUT2D eigenvalue weighted by molar-refractivity contribution is 6.05. The van der Waals surface area contributed by atoms with Gasteiger partial charge in [-0.2, -0.15) is 0 Å². The number of amides is 1. The molecule has 0 atom stereocenters. The first-order chi connectivity index (χ1) is 9.49. The van der Waals surface area contributed by atoms with Crippen LogP contribution in [0.1, 0.15) is 20.7 Å². The zero-order valence-corrected chi connectivity index (χ0v) is 10.7. The molecule has 0 aliphatic rings. The minimum atomic E-state index is -1.03. The van der Waals surface area contributed by atoms with E-state index in [1.165, 1.54) is 47.5 Å². The van der Waals surface area contributed by atoms with Gasteiger partial charge in [0.15, 0.2) is 0 Å². The van der Waals surface area contributed by atoms with Crippen LogP contribution in [0.2, 0.25) is 0 Å². The first kappa shape index (κ1) is 13.5. The summed E-state index contributed by atoms with van der Waals surface area (Å²) in [6.45, 7) is 0. The molecule has 2 N–H and O–H groups in total. The van der Waals surface area contributed by atoms with E-state index in [0.29, 0.717) is 5.69 Å². The van der Waals surface area contributed by atoms with Crippen LogP contribution in [0.3, 0.4) is 0 Å². The summed E-state index contributed by atoms with van der Waals surface area (Å²) in [5, 5.41) is 8.81. The van der Waals surface area contributed by atoms with E-state index in [4.69, 9.17) is 5.11 Å². The quantitative estimate of drug-likeness (QED) is 0.882. The van der Waals surface area contributed by atoms with Gasteiger partial charge in [-0.15, -0.1) is 0 Å². The number of rotatable bonds is 3. The van der Waals surface area contributed by atoms with E-state index in [1.54, 1.807) is 7.05 Å². The Bertz CT molecular complexity index is 704. The van der Waals surface area contributed by atoms with Crippen LogP contribution in [0.5, 0.6) is 0 Å². The maximum atomic E-state index is 12.2. The average Bonchev–Trinajstić information content (AvgIpc) is 2.46. The lowest BCUT2D eigenvalue weighted by molar-refractivity contribution is 0.0696. The van der Waals surface area contributed by atoms with E-state index in [9.17, 15) is 14.4 Å². The van der Waals surface area contributed by atoms with Crippen molar-refractivity contribution in [2.75, 3.05) is 11.9 Å². The third-order valence-corrected chi connectivity index (χ3v) is 2.83. The molecule has 0 unspecified atom stereocenters. The standard InChI is InChI=1S/C14H12N2O4/c1-16(11-4-2-9(3-5-11)14(19)20)13(18)10-6-7-15-12(17)8-10/h2-8H,1H3,(H,15,17)(H,19,20). The van der Waals surface area contributed by atoms with Gasteiger partial charge in [0.1, 0.15) is 0 Å². The highest BCUT2D eigenvalue weighted by Gasteiger charge is 2.14. The lowest BCUT2D eigenvalue weighted by Gasteiger charge is -2.17. The SMILES string of the molecule is CN(C(=O)c1cc[nH]c(=O)c1)c1ccc(C(=O)O)cc1. The van der Waals surface area contributed by atoms with E-state index in [-0.39, 0.29) is 22.6 Å². The molecule has 1 aromatic carbocycles. The molecule has 102 valence electrons. The molecule has 0 fully saturated rings. The smallest absolute Gasteiger partial charge is 0.335 e. The second-order valence-electron chi connectivity index (χ2n) is 4.16. The molecule has 0 aliphatic heterocycles. The number of nitrogens with zero attached hydrogens (tertiary/aromatic N) is 1. The molecule has 1 heterocycles. The Kier molecular flexibility index (Phi) is 3.65. The number of anilines is 1. The van der Waals surface area contributed by atoms with Gasteiger partial charge in [-0.3, -0.25) is 9.59 Å². The Morgan fingerprint density at radius 1 is 1.10 bits per heavy atom. The minimum Gasteiger partial charge on any atom is -0.478 e. The van der Waals surface area contributed by atoms with Gasteiger partial charge in [0.05, 0.1) is 5.56 Å². The van der Waals surface area contributed by atoms with Crippen LogP contribution in [0.25, 0.3) is 0 Å². The van der Waals surface area contributed by atoms with Crippen molar-refractivity contribution < 1.29 is 14.7 Å². The van der Waals surface area contributed by atoms with Crippen molar-refractivity contribution in [3.63, 3.8) is 0 Å². The highest BCUT2D eigenvalue weighted by atomic mass is 16.4. The molecule has 2 rings (SSSR count). The van der Waals surface area contributed by atoms with Crippen LogP contribution >= 0.6 is 0 Å². The fourth-order valence-electron chi connectivity index (χ4n) is 1.72. The van der Waals surface area contributed by atoms with Gasteiger partial charge in [-0.25, -0.2) is 4.79 Å². The van der Waals surface area contributed by atoms with Gasteiger partial charge < -0.3 is 15.0 Å². The largest absolute Gasteiger partial charge is 0.478 e. The van der Waals surface area contributed by atoms with E-state index in [0.717, 1.165) is 0 Å². The summed E-state index contributed by atoms with van der Waals surface area (Å²) in [7, 11) is 1.55. The Hall–Kier alpha value is -2.89. The number of hydrogen-bond acceptors (Lipinski definition) is 3. The molecule has 0 saturated carbocycles. The van der Waals surface area contributed by atoms with Crippen LogP contribution < -0.4 is 10.5 Å². The van der Waals surface area contributed by atoms with Crippen LogP contribution in [0.15, 0.2) is 47.4 Å². The summed E-state index contributed by atoms with van der Waals surface area (Å²) in [4.78, 5) is 37.9. The van der Waals surface area contributed by atoms with Crippen LogP contribution in [0.4, 0.5) is 5.69 Å². The van der Waals surface area contributed by atoms with Crippen molar-refractivity contribution in [3.8, 4) is 0 Å². The molecule has 0 aliphatic carbocycles. The summed E-state index contributed by atoms with van der Waals surface area (Å²) >= 11 is 0.